The molecule has 13 rings (SSSR count). The number of hydrogen-bond acceptors (Lipinski definition) is 3. The Morgan fingerprint density at radius 3 is 1.27 bits per heavy atom. The van der Waals surface area contributed by atoms with Crippen LogP contribution in [0.5, 0.6) is 0 Å². The van der Waals surface area contributed by atoms with Gasteiger partial charge >= 0.3 is 0 Å². The Labute approximate surface area is 489 Å². The van der Waals surface area contributed by atoms with Crippen molar-refractivity contribution in [3.63, 3.8) is 0 Å². The van der Waals surface area contributed by atoms with E-state index in [4.69, 9.17) is 15.0 Å². The van der Waals surface area contributed by atoms with Crippen LogP contribution in [-0.4, -0.2) is 15.0 Å². The number of hydrogen-bond donors (Lipinski definition) is 0. The summed E-state index contributed by atoms with van der Waals surface area (Å²) >= 11 is 0. The number of pyridine rings is 3. The summed E-state index contributed by atoms with van der Waals surface area (Å²) in [5.41, 5.74) is 18.6. The van der Waals surface area contributed by atoms with Gasteiger partial charge in [-0.3, -0.25) is 15.0 Å². The molecule has 0 radical (unpaired) electrons. The first-order valence-electron chi connectivity index (χ1n) is 29.5. The van der Waals surface area contributed by atoms with E-state index in [0.717, 1.165) is 167 Å². The van der Waals surface area contributed by atoms with Crippen LogP contribution in [0, 0.1) is 23.3 Å². The summed E-state index contributed by atoms with van der Waals surface area (Å²) in [5.74, 6) is -2.51. The quantitative estimate of drug-likeness (QED) is 0.102. The van der Waals surface area contributed by atoms with E-state index in [1.165, 1.54) is 35.4 Å². The Kier molecular flexibility index (Phi) is 15.3. The highest BCUT2D eigenvalue weighted by molar-refractivity contribution is 5.93. The van der Waals surface area contributed by atoms with Crippen molar-refractivity contribution in [3.8, 4) is 89.4 Å². The van der Waals surface area contributed by atoms with Crippen LogP contribution in [0.25, 0.3) is 89.4 Å². The number of nitrogens with zero attached hydrogens (tertiary/aromatic N) is 3. The molecule has 84 heavy (non-hydrogen) atoms. The fraction of sp³-hybridized carbons (Fsp3) is 0.182. The average Bonchev–Trinajstić information content (AvgIpc) is 2.91. The predicted molar refractivity (Wildman–Crippen MR) is 333 cm³/mol. The Hall–Kier alpha value is -9.07. The highest BCUT2D eigenvalue weighted by atomic mass is 19.1. The molecule has 3 nitrogen and oxygen atoms in total. The Bertz CT molecular complexity index is 3970. The van der Waals surface area contributed by atoms with Gasteiger partial charge in [-0.05, 0) is 159 Å². The lowest BCUT2D eigenvalue weighted by Gasteiger charge is -2.39. The van der Waals surface area contributed by atoms with Gasteiger partial charge in [0.25, 0.3) is 0 Å². The van der Waals surface area contributed by atoms with Gasteiger partial charge in [-0.15, -0.1) is 0 Å². The summed E-state index contributed by atoms with van der Waals surface area (Å²) in [6, 6.07) is 72.0. The molecule has 0 aliphatic heterocycles. The first kappa shape index (κ1) is 54.2. The van der Waals surface area contributed by atoms with Crippen LogP contribution in [0.15, 0.2) is 237 Å². The van der Waals surface area contributed by atoms with Crippen molar-refractivity contribution in [2.45, 2.75) is 87.9 Å². The second-order valence-electron chi connectivity index (χ2n) is 23.2. The smallest absolute Gasteiger partial charge is 0.135 e. The molecule has 0 spiro atoms. The zero-order valence-electron chi connectivity index (χ0n) is 46.9. The van der Waals surface area contributed by atoms with Crippen LogP contribution in [0.2, 0.25) is 0 Å². The molecule has 0 atom stereocenters. The number of halogens is 4. The van der Waals surface area contributed by atoms with Gasteiger partial charge in [0.05, 0.1) is 17.1 Å². The summed E-state index contributed by atoms with van der Waals surface area (Å²) in [4.78, 5) is 15.0. The number of rotatable bonds is 14. The molecule has 11 aromatic rings. The van der Waals surface area contributed by atoms with Crippen molar-refractivity contribution in [2.75, 3.05) is 0 Å². The zero-order valence-corrected chi connectivity index (χ0v) is 46.9. The van der Waals surface area contributed by atoms with Gasteiger partial charge in [-0.1, -0.05) is 196 Å². The van der Waals surface area contributed by atoms with Gasteiger partial charge in [0.2, 0.25) is 0 Å². The molecule has 2 aliphatic carbocycles. The number of aromatic nitrogens is 3. The molecule has 2 fully saturated rings. The molecule has 0 amide bonds. The minimum Gasteiger partial charge on any atom is -0.256 e. The van der Waals surface area contributed by atoms with Crippen molar-refractivity contribution < 1.29 is 17.6 Å². The lowest BCUT2D eigenvalue weighted by atomic mass is 9.65. The van der Waals surface area contributed by atoms with Gasteiger partial charge in [-0.25, -0.2) is 17.6 Å². The number of benzene rings is 8. The van der Waals surface area contributed by atoms with E-state index in [0.29, 0.717) is 11.4 Å². The molecule has 0 saturated heterocycles. The Morgan fingerprint density at radius 1 is 0.286 bits per heavy atom. The molecule has 0 unspecified atom stereocenters. The molecule has 2 aliphatic rings. The largest absolute Gasteiger partial charge is 0.256 e. The molecule has 0 N–H and O–H groups in total. The lowest BCUT2D eigenvalue weighted by Crippen LogP contribution is -2.33. The normalized spacial score (nSPS) is 14.7. The van der Waals surface area contributed by atoms with E-state index in [1.54, 1.807) is 0 Å². The van der Waals surface area contributed by atoms with Crippen LogP contribution >= 0.6 is 0 Å². The van der Waals surface area contributed by atoms with Gasteiger partial charge in [-0.2, -0.15) is 0 Å². The Balaban J connectivity index is 0.947. The standard InChI is InChI=1S/C77H63F4N3/c78-63-30-32-67(71(80)44-63)73-34-28-61(49-82-73)76(36-11-3-12-37-76)47-52-40-53(48-77(38-13-4-14-39-77)62-29-35-74(83-50-62)68-33-31-64(79)45-72(68)81)42-60(41-52)65-22-9-10-23-66(65)70-51-84-75(59-21-15-20-58(43-59)55-18-7-2-8-19-55)46-69(70)57-26-24-56(25-27-57)54-16-5-1-6-17-54/h1-2,5-10,15-35,40-46,49-51H,3-4,11-14,36-39,47-48H2. The molecule has 2 saturated carbocycles. The molecule has 0 bridgehead atoms. The fourth-order valence-electron chi connectivity index (χ4n) is 13.6. The van der Waals surface area contributed by atoms with Crippen molar-refractivity contribution in [1.29, 1.82) is 0 Å². The molecule has 414 valence electrons. The third kappa shape index (κ3) is 11.3. The first-order valence-corrected chi connectivity index (χ1v) is 29.5. The van der Waals surface area contributed by atoms with Crippen molar-refractivity contribution >= 4 is 0 Å². The van der Waals surface area contributed by atoms with Crippen molar-refractivity contribution in [3.05, 3.63) is 283 Å². The third-order valence-electron chi connectivity index (χ3n) is 17.9. The average molecular weight is 1110 g/mol. The SMILES string of the molecule is Fc1ccc(-c2ccc(C3(Cc4cc(CC5(c6ccc(-c7ccc(F)cc7F)nc6)CCCCC5)cc(-c5ccccc5-c5cnc(-c6cccc(-c7ccccc7)c6)cc5-c5ccc(-c6ccccc6)cc5)c4)CCCCC3)cn2)c(F)c1. The van der Waals surface area contributed by atoms with Gasteiger partial charge in [0.1, 0.15) is 23.3 Å². The molecule has 7 heteroatoms. The third-order valence-corrected chi connectivity index (χ3v) is 17.9. The summed E-state index contributed by atoms with van der Waals surface area (Å²) in [6.07, 6.45) is 18.0. The van der Waals surface area contributed by atoms with Crippen LogP contribution in [0.4, 0.5) is 17.6 Å². The Morgan fingerprint density at radius 2 is 0.750 bits per heavy atom. The molecule has 8 aromatic carbocycles. The van der Waals surface area contributed by atoms with Gasteiger partial charge in [0, 0.05) is 63.8 Å². The van der Waals surface area contributed by atoms with E-state index in [1.807, 2.05) is 36.7 Å². The predicted octanol–water partition coefficient (Wildman–Crippen LogP) is 20.7. The van der Waals surface area contributed by atoms with Crippen LogP contribution < -0.4 is 0 Å². The fourth-order valence-corrected chi connectivity index (χ4v) is 13.6. The summed E-state index contributed by atoms with van der Waals surface area (Å²) < 4.78 is 58.4. The van der Waals surface area contributed by atoms with Crippen LogP contribution in [0.3, 0.4) is 0 Å². The van der Waals surface area contributed by atoms with Crippen molar-refractivity contribution in [2.24, 2.45) is 0 Å². The molecular formula is C77H63F4N3. The van der Waals surface area contributed by atoms with Gasteiger partial charge in [0.15, 0.2) is 0 Å². The monoisotopic (exact) mass is 1110 g/mol. The minimum absolute atomic E-state index is 0.241. The second kappa shape index (κ2) is 23.7. The van der Waals surface area contributed by atoms with E-state index < -0.39 is 23.3 Å². The second-order valence-corrected chi connectivity index (χ2v) is 23.2. The highest BCUT2D eigenvalue weighted by Gasteiger charge is 2.37. The maximum Gasteiger partial charge on any atom is 0.135 e. The summed E-state index contributed by atoms with van der Waals surface area (Å²) in [5, 5.41) is 0. The van der Waals surface area contributed by atoms with Crippen LogP contribution in [-0.2, 0) is 23.7 Å². The topological polar surface area (TPSA) is 38.7 Å². The summed E-state index contributed by atoms with van der Waals surface area (Å²) in [7, 11) is 0. The van der Waals surface area contributed by atoms with Crippen molar-refractivity contribution in [1.82, 2.24) is 15.0 Å². The minimum atomic E-state index is -0.634. The highest BCUT2D eigenvalue weighted by Crippen LogP contribution is 2.47. The van der Waals surface area contributed by atoms with E-state index >= 15 is 8.78 Å². The van der Waals surface area contributed by atoms with E-state index in [2.05, 4.69) is 164 Å². The lowest BCUT2D eigenvalue weighted by molar-refractivity contribution is 0.287. The summed E-state index contributed by atoms with van der Waals surface area (Å²) in [6.45, 7) is 0. The molecule has 3 heterocycles. The maximum atomic E-state index is 15.1. The zero-order chi connectivity index (χ0) is 57.0. The van der Waals surface area contributed by atoms with E-state index in [-0.39, 0.29) is 22.0 Å². The molecule has 3 aromatic heterocycles. The van der Waals surface area contributed by atoms with Gasteiger partial charge < -0.3 is 0 Å². The first-order chi connectivity index (χ1) is 41.2. The molecular weight excluding hydrogens is 1040 g/mol. The maximum absolute atomic E-state index is 15.1. The van der Waals surface area contributed by atoms with Crippen LogP contribution in [0.1, 0.15) is 86.5 Å². The van der Waals surface area contributed by atoms with E-state index in [9.17, 15) is 8.78 Å².